The highest BCUT2D eigenvalue weighted by atomic mass is 16.5. The summed E-state index contributed by atoms with van der Waals surface area (Å²) in [7, 11) is 0. The number of hydrogen-bond donors (Lipinski definition) is 1. The third-order valence-electron chi connectivity index (χ3n) is 4.85. The van der Waals surface area contributed by atoms with E-state index in [4.69, 9.17) is 4.74 Å². The topological polar surface area (TPSA) is 71.5 Å². The Balaban J connectivity index is 1.58. The van der Waals surface area contributed by atoms with Crippen LogP contribution in [0, 0.1) is 0 Å². The van der Waals surface area contributed by atoms with Crippen LogP contribution in [0.1, 0.15) is 35.2 Å². The predicted molar refractivity (Wildman–Crippen MR) is 98.3 cm³/mol. The number of fused-ring (bicyclic) bond motifs is 1. The SMILES string of the molecule is O=C(Nc1ccc2c(c1)N(C(=O)c1cccnc1)CCC2)C1CCCO1. The summed E-state index contributed by atoms with van der Waals surface area (Å²) in [6, 6.07) is 9.30. The number of aryl methyl sites for hydroxylation is 1. The number of rotatable bonds is 3. The molecule has 1 aromatic heterocycles. The molecule has 1 saturated heterocycles. The van der Waals surface area contributed by atoms with Gasteiger partial charge >= 0.3 is 0 Å². The summed E-state index contributed by atoms with van der Waals surface area (Å²) >= 11 is 0. The molecule has 0 radical (unpaired) electrons. The largest absolute Gasteiger partial charge is 0.368 e. The molecule has 2 aliphatic heterocycles. The average molecular weight is 351 g/mol. The van der Waals surface area contributed by atoms with Crippen LogP contribution < -0.4 is 10.2 Å². The van der Waals surface area contributed by atoms with Crippen LogP contribution in [0.15, 0.2) is 42.7 Å². The van der Waals surface area contributed by atoms with Gasteiger partial charge in [0.25, 0.3) is 11.8 Å². The van der Waals surface area contributed by atoms with Crippen molar-refractivity contribution in [2.24, 2.45) is 0 Å². The fraction of sp³-hybridized carbons (Fsp3) is 0.350. The zero-order valence-corrected chi connectivity index (χ0v) is 14.5. The van der Waals surface area contributed by atoms with Crippen molar-refractivity contribution in [1.82, 2.24) is 4.98 Å². The van der Waals surface area contributed by atoms with E-state index in [0.717, 1.165) is 36.9 Å². The van der Waals surface area contributed by atoms with Gasteiger partial charge in [0.05, 0.1) is 5.56 Å². The van der Waals surface area contributed by atoms with Crippen LogP contribution in [0.3, 0.4) is 0 Å². The standard InChI is InChI=1S/C20H21N3O3/c24-19(18-6-3-11-26-18)22-16-8-7-14-5-2-10-23(17(14)12-16)20(25)15-4-1-9-21-13-15/h1,4,7-9,12-13,18H,2-3,5-6,10-11H2,(H,22,24). The smallest absolute Gasteiger partial charge is 0.259 e. The molecule has 1 unspecified atom stereocenters. The molecule has 4 rings (SSSR count). The van der Waals surface area contributed by atoms with Crippen LogP contribution in [0.2, 0.25) is 0 Å². The molecule has 2 amide bonds. The molecule has 3 heterocycles. The highest BCUT2D eigenvalue weighted by Gasteiger charge is 2.26. The van der Waals surface area contributed by atoms with Gasteiger partial charge in [-0.05, 0) is 55.5 Å². The maximum Gasteiger partial charge on any atom is 0.259 e. The first kappa shape index (κ1) is 16.7. The molecule has 0 saturated carbocycles. The number of anilines is 2. The van der Waals surface area contributed by atoms with E-state index < -0.39 is 0 Å². The highest BCUT2D eigenvalue weighted by Crippen LogP contribution is 2.31. The maximum atomic E-state index is 12.9. The minimum Gasteiger partial charge on any atom is -0.368 e. The second-order valence-electron chi connectivity index (χ2n) is 6.64. The van der Waals surface area contributed by atoms with Gasteiger partial charge < -0.3 is 15.0 Å². The summed E-state index contributed by atoms with van der Waals surface area (Å²) in [6.45, 7) is 1.29. The van der Waals surface area contributed by atoms with E-state index in [1.165, 1.54) is 0 Å². The van der Waals surface area contributed by atoms with Crippen LogP contribution in [0.4, 0.5) is 11.4 Å². The van der Waals surface area contributed by atoms with Gasteiger partial charge in [-0.25, -0.2) is 0 Å². The van der Waals surface area contributed by atoms with Gasteiger partial charge in [0.1, 0.15) is 6.10 Å². The van der Waals surface area contributed by atoms with Gasteiger partial charge in [0.15, 0.2) is 0 Å². The van der Waals surface area contributed by atoms with Gasteiger partial charge in [-0.1, -0.05) is 6.07 Å². The minimum absolute atomic E-state index is 0.0679. The molecule has 6 nitrogen and oxygen atoms in total. The number of nitrogens with one attached hydrogen (secondary N) is 1. The van der Waals surface area contributed by atoms with Gasteiger partial charge in [-0.15, -0.1) is 0 Å². The summed E-state index contributed by atoms with van der Waals surface area (Å²) in [5.74, 6) is -0.190. The monoisotopic (exact) mass is 351 g/mol. The Labute approximate surface area is 152 Å². The minimum atomic E-state index is -0.376. The van der Waals surface area contributed by atoms with Crippen molar-refractivity contribution in [2.45, 2.75) is 31.8 Å². The average Bonchev–Trinajstić information content (AvgIpc) is 3.23. The summed E-state index contributed by atoms with van der Waals surface area (Å²) in [5, 5.41) is 2.92. The number of hydrogen-bond acceptors (Lipinski definition) is 4. The molecule has 0 aliphatic carbocycles. The van der Waals surface area contributed by atoms with Crippen molar-refractivity contribution in [2.75, 3.05) is 23.4 Å². The Bertz CT molecular complexity index is 816. The molecule has 2 aromatic rings. The number of carbonyl (C=O) groups excluding carboxylic acids is 2. The molecule has 1 aromatic carbocycles. The van der Waals surface area contributed by atoms with E-state index in [2.05, 4.69) is 10.3 Å². The molecule has 1 atom stereocenters. The normalized spacial score (nSPS) is 19.1. The second-order valence-corrected chi connectivity index (χ2v) is 6.64. The van der Waals surface area contributed by atoms with E-state index in [0.29, 0.717) is 24.4 Å². The summed E-state index contributed by atoms with van der Waals surface area (Å²) in [6.07, 6.45) is 6.36. The fourth-order valence-electron chi connectivity index (χ4n) is 3.52. The number of pyridine rings is 1. The summed E-state index contributed by atoms with van der Waals surface area (Å²) in [5.41, 5.74) is 3.23. The van der Waals surface area contributed by atoms with Crippen molar-refractivity contribution >= 4 is 23.2 Å². The zero-order valence-electron chi connectivity index (χ0n) is 14.5. The summed E-state index contributed by atoms with van der Waals surface area (Å²) in [4.78, 5) is 31.0. The third kappa shape index (κ3) is 3.32. The first-order chi connectivity index (χ1) is 12.7. The Kier molecular flexibility index (Phi) is 4.67. The van der Waals surface area contributed by atoms with Gasteiger partial charge in [-0.2, -0.15) is 0 Å². The quantitative estimate of drug-likeness (QED) is 0.923. The van der Waals surface area contributed by atoms with Crippen molar-refractivity contribution in [1.29, 1.82) is 0 Å². The Morgan fingerprint density at radius 1 is 1.23 bits per heavy atom. The highest BCUT2D eigenvalue weighted by molar-refractivity contribution is 6.07. The van der Waals surface area contributed by atoms with Crippen molar-refractivity contribution < 1.29 is 14.3 Å². The molecular weight excluding hydrogens is 330 g/mol. The molecule has 134 valence electrons. The van der Waals surface area contributed by atoms with Crippen LogP contribution in [-0.2, 0) is 16.0 Å². The van der Waals surface area contributed by atoms with Gasteiger partial charge in [0, 0.05) is 36.9 Å². The van der Waals surface area contributed by atoms with E-state index >= 15 is 0 Å². The Morgan fingerprint density at radius 2 is 2.15 bits per heavy atom. The molecule has 0 bridgehead atoms. The van der Waals surface area contributed by atoms with E-state index in [9.17, 15) is 9.59 Å². The number of ether oxygens (including phenoxy) is 1. The molecule has 0 spiro atoms. The van der Waals surface area contributed by atoms with Crippen molar-refractivity contribution in [3.63, 3.8) is 0 Å². The van der Waals surface area contributed by atoms with Gasteiger partial charge in [-0.3, -0.25) is 14.6 Å². The lowest BCUT2D eigenvalue weighted by Gasteiger charge is -2.30. The second kappa shape index (κ2) is 7.25. The molecule has 6 heteroatoms. The van der Waals surface area contributed by atoms with Gasteiger partial charge in [0.2, 0.25) is 0 Å². The molecule has 2 aliphatic rings. The lowest BCUT2D eigenvalue weighted by atomic mass is 10.00. The number of carbonyl (C=O) groups is 2. The lowest BCUT2D eigenvalue weighted by Crippen LogP contribution is -2.35. The Hall–Kier alpha value is -2.73. The first-order valence-corrected chi connectivity index (χ1v) is 8.99. The van der Waals surface area contributed by atoms with E-state index in [-0.39, 0.29) is 17.9 Å². The molecule has 1 N–H and O–H groups in total. The van der Waals surface area contributed by atoms with Crippen LogP contribution in [0.5, 0.6) is 0 Å². The third-order valence-corrected chi connectivity index (χ3v) is 4.85. The molecular formula is C20H21N3O3. The van der Waals surface area contributed by atoms with E-state index in [1.807, 2.05) is 18.2 Å². The van der Waals surface area contributed by atoms with Crippen LogP contribution in [0.25, 0.3) is 0 Å². The number of aromatic nitrogens is 1. The fourth-order valence-corrected chi connectivity index (χ4v) is 3.52. The number of benzene rings is 1. The van der Waals surface area contributed by atoms with Crippen LogP contribution >= 0.6 is 0 Å². The number of nitrogens with zero attached hydrogens (tertiary/aromatic N) is 2. The van der Waals surface area contributed by atoms with Crippen molar-refractivity contribution in [3.8, 4) is 0 Å². The predicted octanol–water partition coefficient (Wildman–Crippen LogP) is 2.79. The lowest BCUT2D eigenvalue weighted by molar-refractivity contribution is -0.124. The number of amides is 2. The Morgan fingerprint density at radius 3 is 2.92 bits per heavy atom. The van der Waals surface area contributed by atoms with Crippen LogP contribution in [-0.4, -0.2) is 36.1 Å². The summed E-state index contributed by atoms with van der Waals surface area (Å²) < 4.78 is 5.43. The molecule has 26 heavy (non-hydrogen) atoms. The van der Waals surface area contributed by atoms with Crippen molar-refractivity contribution in [3.05, 3.63) is 53.9 Å². The maximum absolute atomic E-state index is 12.9. The first-order valence-electron chi connectivity index (χ1n) is 8.99. The zero-order chi connectivity index (χ0) is 17.9. The molecule has 1 fully saturated rings. The van der Waals surface area contributed by atoms with E-state index in [1.54, 1.807) is 29.4 Å².